The summed E-state index contributed by atoms with van der Waals surface area (Å²) in [5.41, 5.74) is 1.53. The largest absolute Gasteiger partial charge is 0.379 e. The molecule has 2 aromatic rings. The highest BCUT2D eigenvalue weighted by molar-refractivity contribution is 7.89. The first-order valence-electron chi connectivity index (χ1n) is 8.21. The Morgan fingerprint density at radius 3 is 2.88 bits per heavy atom. The molecule has 1 aromatic heterocycles. The number of morpholine rings is 1. The van der Waals surface area contributed by atoms with E-state index in [1.54, 1.807) is 18.3 Å². The zero-order chi connectivity index (χ0) is 17.0. The van der Waals surface area contributed by atoms with E-state index in [2.05, 4.69) is 14.6 Å². The van der Waals surface area contributed by atoms with Crippen LogP contribution in [0.25, 0.3) is 10.9 Å². The first kappa shape index (κ1) is 17.3. The van der Waals surface area contributed by atoms with Gasteiger partial charge < -0.3 is 4.74 Å². The molecule has 0 saturated carbocycles. The predicted molar refractivity (Wildman–Crippen MR) is 93.5 cm³/mol. The fourth-order valence-corrected chi connectivity index (χ4v) is 4.12. The van der Waals surface area contributed by atoms with Gasteiger partial charge in [-0.3, -0.25) is 9.88 Å². The quantitative estimate of drug-likeness (QED) is 0.801. The smallest absolute Gasteiger partial charge is 0.242 e. The number of ether oxygens (including phenoxy) is 1. The van der Waals surface area contributed by atoms with E-state index in [0.717, 1.165) is 50.2 Å². The van der Waals surface area contributed by atoms with Crippen molar-refractivity contribution in [3.05, 3.63) is 36.0 Å². The third kappa shape index (κ3) is 4.10. The third-order valence-corrected chi connectivity index (χ3v) is 5.64. The SMILES string of the molecule is Cc1cnc2c(S(=O)(=O)NCCCN3CCOCC3)cccc2c1. The van der Waals surface area contributed by atoms with Gasteiger partial charge in [-0.15, -0.1) is 0 Å². The first-order valence-corrected chi connectivity index (χ1v) is 9.70. The number of pyridine rings is 1. The molecule has 1 fully saturated rings. The van der Waals surface area contributed by atoms with Gasteiger partial charge in [-0.2, -0.15) is 0 Å². The number of nitrogens with zero attached hydrogens (tertiary/aromatic N) is 2. The molecule has 2 heterocycles. The number of nitrogens with one attached hydrogen (secondary N) is 1. The number of fused-ring (bicyclic) bond motifs is 1. The zero-order valence-electron chi connectivity index (χ0n) is 13.9. The maximum Gasteiger partial charge on any atom is 0.242 e. The van der Waals surface area contributed by atoms with Crippen LogP contribution in [0.2, 0.25) is 0 Å². The van der Waals surface area contributed by atoms with Gasteiger partial charge in [-0.25, -0.2) is 13.1 Å². The van der Waals surface area contributed by atoms with E-state index in [4.69, 9.17) is 4.74 Å². The van der Waals surface area contributed by atoms with Gasteiger partial charge in [0, 0.05) is 31.2 Å². The van der Waals surface area contributed by atoms with Crippen LogP contribution in [0.5, 0.6) is 0 Å². The van der Waals surface area contributed by atoms with Crippen LogP contribution in [0.4, 0.5) is 0 Å². The summed E-state index contributed by atoms with van der Waals surface area (Å²) < 4.78 is 33.2. The Bertz CT molecular complexity index is 802. The lowest BCUT2D eigenvalue weighted by Gasteiger charge is -2.26. The van der Waals surface area contributed by atoms with Gasteiger partial charge in [0.15, 0.2) is 0 Å². The Hall–Kier alpha value is -1.54. The van der Waals surface area contributed by atoms with Gasteiger partial charge >= 0.3 is 0 Å². The number of aryl methyl sites for hydroxylation is 1. The van der Waals surface area contributed by atoms with E-state index in [1.165, 1.54) is 0 Å². The van der Waals surface area contributed by atoms with Crippen LogP contribution in [0.1, 0.15) is 12.0 Å². The van der Waals surface area contributed by atoms with Gasteiger partial charge in [0.1, 0.15) is 4.90 Å². The van der Waals surface area contributed by atoms with E-state index in [-0.39, 0.29) is 4.90 Å². The van der Waals surface area contributed by atoms with E-state index < -0.39 is 10.0 Å². The van der Waals surface area contributed by atoms with E-state index in [9.17, 15) is 8.42 Å². The number of aromatic nitrogens is 1. The second-order valence-corrected chi connectivity index (χ2v) is 7.78. The summed E-state index contributed by atoms with van der Waals surface area (Å²) in [5.74, 6) is 0. The Kier molecular flexibility index (Phi) is 5.45. The van der Waals surface area contributed by atoms with Crippen molar-refractivity contribution in [1.82, 2.24) is 14.6 Å². The molecule has 1 saturated heterocycles. The lowest BCUT2D eigenvalue weighted by atomic mass is 10.2. The van der Waals surface area contributed by atoms with Gasteiger partial charge in [-0.1, -0.05) is 12.1 Å². The fourth-order valence-electron chi connectivity index (χ4n) is 2.87. The highest BCUT2D eigenvalue weighted by Gasteiger charge is 2.18. The molecule has 0 atom stereocenters. The van der Waals surface area contributed by atoms with Crippen LogP contribution in [-0.2, 0) is 14.8 Å². The summed E-state index contributed by atoms with van der Waals surface area (Å²) in [6.07, 6.45) is 2.47. The molecule has 24 heavy (non-hydrogen) atoms. The molecule has 1 N–H and O–H groups in total. The minimum absolute atomic E-state index is 0.242. The van der Waals surface area contributed by atoms with Crippen molar-refractivity contribution >= 4 is 20.9 Å². The molecule has 0 amide bonds. The Labute approximate surface area is 142 Å². The van der Waals surface area contributed by atoms with Gasteiger partial charge in [-0.05, 0) is 37.6 Å². The Morgan fingerprint density at radius 2 is 2.08 bits per heavy atom. The van der Waals surface area contributed by atoms with Crippen molar-refractivity contribution in [3.8, 4) is 0 Å². The second kappa shape index (κ2) is 7.57. The molecule has 1 aromatic carbocycles. The molecule has 7 heteroatoms. The van der Waals surface area contributed by atoms with Crippen LogP contribution >= 0.6 is 0 Å². The van der Waals surface area contributed by atoms with Crippen molar-refractivity contribution in [2.75, 3.05) is 39.4 Å². The summed E-state index contributed by atoms with van der Waals surface area (Å²) in [5, 5.41) is 0.839. The first-order chi connectivity index (χ1) is 11.6. The molecule has 0 spiro atoms. The summed E-state index contributed by atoms with van der Waals surface area (Å²) in [6.45, 7) is 6.58. The van der Waals surface area contributed by atoms with Crippen molar-refractivity contribution in [1.29, 1.82) is 0 Å². The van der Waals surface area contributed by atoms with E-state index >= 15 is 0 Å². The van der Waals surface area contributed by atoms with Gasteiger partial charge in [0.05, 0.1) is 18.7 Å². The normalized spacial score (nSPS) is 16.5. The molecule has 1 aliphatic heterocycles. The number of sulfonamides is 1. The topological polar surface area (TPSA) is 71.5 Å². The Balaban J connectivity index is 1.65. The van der Waals surface area contributed by atoms with Crippen LogP contribution in [0.3, 0.4) is 0 Å². The Morgan fingerprint density at radius 1 is 1.29 bits per heavy atom. The summed E-state index contributed by atoms with van der Waals surface area (Å²) >= 11 is 0. The highest BCUT2D eigenvalue weighted by atomic mass is 32.2. The number of para-hydroxylation sites is 1. The summed E-state index contributed by atoms with van der Waals surface area (Å²) in [6, 6.07) is 7.19. The van der Waals surface area contributed by atoms with Crippen molar-refractivity contribution in [3.63, 3.8) is 0 Å². The van der Waals surface area contributed by atoms with Crippen molar-refractivity contribution in [2.45, 2.75) is 18.2 Å². The molecule has 0 radical (unpaired) electrons. The molecule has 6 nitrogen and oxygen atoms in total. The van der Waals surface area contributed by atoms with Crippen LogP contribution in [0.15, 0.2) is 35.4 Å². The van der Waals surface area contributed by atoms with E-state index in [0.29, 0.717) is 12.1 Å². The fraction of sp³-hybridized carbons (Fsp3) is 0.471. The summed E-state index contributed by atoms with van der Waals surface area (Å²) in [7, 11) is -3.56. The monoisotopic (exact) mass is 349 g/mol. The lowest BCUT2D eigenvalue weighted by Crippen LogP contribution is -2.38. The number of hydrogen-bond acceptors (Lipinski definition) is 5. The average Bonchev–Trinajstić information content (AvgIpc) is 2.59. The standard InChI is InChI=1S/C17H23N3O3S/c1-14-12-15-4-2-5-16(17(15)18-13-14)24(21,22)19-6-3-7-20-8-10-23-11-9-20/h2,4-5,12-13,19H,3,6-11H2,1H3. The van der Waals surface area contributed by atoms with E-state index in [1.807, 2.05) is 19.1 Å². The lowest BCUT2D eigenvalue weighted by molar-refractivity contribution is 0.0376. The molecule has 0 aliphatic carbocycles. The van der Waals surface area contributed by atoms with Crippen LogP contribution in [-0.4, -0.2) is 57.7 Å². The minimum Gasteiger partial charge on any atom is -0.379 e. The molecular formula is C17H23N3O3S. The van der Waals surface area contributed by atoms with Crippen LogP contribution in [0, 0.1) is 6.92 Å². The third-order valence-electron chi connectivity index (χ3n) is 4.15. The molecule has 3 rings (SSSR count). The minimum atomic E-state index is -3.56. The predicted octanol–water partition coefficient (Wildman–Crippen LogP) is 1.54. The highest BCUT2D eigenvalue weighted by Crippen LogP contribution is 2.21. The summed E-state index contributed by atoms with van der Waals surface area (Å²) in [4.78, 5) is 6.84. The molecule has 1 aliphatic rings. The van der Waals surface area contributed by atoms with Gasteiger partial charge in [0.2, 0.25) is 10.0 Å². The number of hydrogen-bond donors (Lipinski definition) is 1. The maximum absolute atomic E-state index is 12.6. The second-order valence-electron chi connectivity index (χ2n) is 6.05. The molecule has 0 bridgehead atoms. The van der Waals surface area contributed by atoms with Crippen molar-refractivity contribution in [2.24, 2.45) is 0 Å². The maximum atomic E-state index is 12.6. The van der Waals surface area contributed by atoms with Crippen molar-refractivity contribution < 1.29 is 13.2 Å². The number of benzene rings is 1. The van der Waals surface area contributed by atoms with Gasteiger partial charge in [0.25, 0.3) is 0 Å². The average molecular weight is 349 g/mol. The molecular weight excluding hydrogens is 326 g/mol. The molecule has 130 valence electrons. The zero-order valence-corrected chi connectivity index (χ0v) is 14.7. The molecule has 0 unspecified atom stereocenters. The van der Waals surface area contributed by atoms with Crippen LogP contribution < -0.4 is 4.72 Å². The number of rotatable bonds is 6.